The second-order valence-corrected chi connectivity index (χ2v) is 11.8. The second-order valence-electron chi connectivity index (χ2n) is 8.75. The Morgan fingerprint density at radius 1 is 1.05 bits per heavy atom. The molecule has 4 rings (SSSR count). The van der Waals surface area contributed by atoms with E-state index >= 15 is 8.78 Å². The minimum atomic E-state index is -4.37. The molecule has 0 aliphatic carbocycles. The van der Waals surface area contributed by atoms with E-state index in [2.05, 4.69) is 9.97 Å². The summed E-state index contributed by atoms with van der Waals surface area (Å²) in [6, 6.07) is 5.91. The topological polar surface area (TPSA) is 86.7 Å². The van der Waals surface area contributed by atoms with Crippen molar-refractivity contribution in [3.8, 4) is 0 Å². The molecule has 1 aliphatic rings. The quantitative estimate of drug-likeness (QED) is 0.395. The molecular formula is C23H24F5N5O3S2. The van der Waals surface area contributed by atoms with Gasteiger partial charge in [0.25, 0.3) is 5.91 Å². The Labute approximate surface area is 219 Å². The number of nitrogens with zero attached hydrogens (tertiary/aromatic N) is 5. The Bertz CT molecular complexity index is 1420. The number of thiophene rings is 1. The van der Waals surface area contributed by atoms with Crippen molar-refractivity contribution < 1.29 is 35.2 Å². The van der Waals surface area contributed by atoms with Gasteiger partial charge in [-0.05, 0) is 25.1 Å². The SMILES string of the molecule is CCN(c1ccc(C(F)(F)C(=O)N2CCN(c3ncnc4sc(CC(F)(F)F)cc34)CC2)cc1)S(C)(=O)=O. The lowest BCUT2D eigenvalue weighted by Gasteiger charge is -2.37. The number of anilines is 2. The van der Waals surface area contributed by atoms with Gasteiger partial charge in [-0.1, -0.05) is 12.1 Å². The van der Waals surface area contributed by atoms with Crippen molar-refractivity contribution in [3.05, 3.63) is 47.1 Å². The molecule has 3 aromatic rings. The maximum absolute atomic E-state index is 15.1. The first-order chi connectivity index (χ1) is 17.7. The Balaban J connectivity index is 1.46. The molecule has 1 amide bonds. The third-order valence-corrected chi connectivity index (χ3v) is 8.39. The summed E-state index contributed by atoms with van der Waals surface area (Å²) in [5.41, 5.74) is -0.357. The molecule has 38 heavy (non-hydrogen) atoms. The Kier molecular flexibility index (Phi) is 7.54. The van der Waals surface area contributed by atoms with Gasteiger partial charge >= 0.3 is 12.1 Å². The van der Waals surface area contributed by atoms with Crippen LogP contribution in [-0.2, 0) is 27.2 Å². The molecule has 1 aromatic carbocycles. The van der Waals surface area contributed by atoms with Crippen LogP contribution in [0.3, 0.4) is 0 Å². The fourth-order valence-electron chi connectivity index (χ4n) is 4.32. The molecule has 1 aliphatic heterocycles. The highest BCUT2D eigenvalue weighted by Gasteiger charge is 2.44. The average molecular weight is 578 g/mol. The first-order valence-electron chi connectivity index (χ1n) is 11.5. The summed E-state index contributed by atoms with van der Waals surface area (Å²) in [6.45, 7) is 1.93. The maximum atomic E-state index is 15.1. The molecular weight excluding hydrogens is 553 g/mol. The Morgan fingerprint density at radius 3 is 2.24 bits per heavy atom. The number of amides is 1. The van der Waals surface area contributed by atoms with Gasteiger partial charge < -0.3 is 9.80 Å². The van der Waals surface area contributed by atoms with E-state index in [-0.39, 0.29) is 43.3 Å². The molecule has 0 radical (unpaired) electrons. The van der Waals surface area contributed by atoms with E-state index in [0.717, 1.165) is 38.9 Å². The monoisotopic (exact) mass is 577 g/mol. The van der Waals surface area contributed by atoms with Crippen LogP contribution in [-0.4, -0.2) is 74.3 Å². The zero-order chi connectivity index (χ0) is 27.9. The van der Waals surface area contributed by atoms with Gasteiger partial charge in [0.2, 0.25) is 10.0 Å². The molecule has 1 saturated heterocycles. The zero-order valence-electron chi connectivity index (χ0n) is 20.4. The summed E-state index contributed by atoms with van der Waals surface area (Å²) in [7, 11) is -3.59. The lowest BCUT2D eigenvalue weighted by Crippen LogP contribution is -2.52. The molecule has 0 N–H and O–H groups in total. The van der Waals surface area contributed by atoms with Crippen LogP contribution in [0.2, 0.25) is 0 Å². The predicted molar refractivity (Wildman–Crippen MR) is 134 cm³/mol. The number of hydrogen-bond acceptors (Lipinski definition) is 7. The van der Waals surface area contributed by atoms with E-state index in [0.29, 0.717) is 16.0 Å². The summed E-state index contributed by atoms with van der Waals surface area (Å²) in [6.07, 6.45) is -3.20. The molecule has 8 nitrogen and oxygen atoms in total. The normalized spacial score (nSPS) is 15.2. The molecule has 206 valence electrons. The summed E-state index contributed by atoms with van der Waals surface area (Å²) < 4.78 is 93.5. The van der Waals surface area contributed by atoms with Crippen molar-refractivity contribution in [2.24, 2.45) is 0 Å². The first kappa shape index (κ1) is 28.0. The first-order valence-corrected chi connectivity index (χ1v) is 14.2. The maximum Gasteiger partial charge on any atom is 0.393 e. The van der Waals surface area contributed by atoms with Crippen LogP contribution in [0.25, 0.3) is 10.2 Å². The number of aromatic nitrogens is 2. The van der Waals surface area contributed by atoms with Crippen molar-refractivity contribution in [1.82, 2.24) is 14.9 Å². The highest BCUT2D eigenvalue weighted by atomic mass is 32.2. The van der Waals surface area contributed by atoms with Crippen molar-refractivity contribution >= 4 is 49.0 Å². The number of rotatable bonds is 7. The number of benzene rings is 1. The summed E-state index contributed by atoms with van der Waals surface area (Å²) in [5, 5.41) is 0.442. The standard InChI is InChI=1S/C23H24F5N5O3S2/c1-3-33(38(2,35)36)16-6-4-15(5-7-16)23(27,28)21(34)32-10-8-31(9-11-32)19-18-12-17(13-22(24,25)26)37-20(18)30-14-29-19/h4-7,12,14H,3,8-11,13H2,1-2H3. The molecule has 0 unspecified atom stereocenters. The van der Waals surface area contributed by atoms with Crippen LogP contribution >= 0.6 is 11.3 Å². The number of hydrogen-bond donors (Lipinski definition) is 0. The van der Waals surface area contributed by atoms with E-state index in [1.54, 1.807) is 11.8 Å². The molecule has 0 bridgehead atoms. The zero-order valence-corrected chi connectivity index (χ0v) is 22.0. The van der Waals surface area contributed by atoms with Crippen molar-refractivity contribution in [2.45, 2.75) is 25.4 Å². The summed E-state index contributed by atoms with van der Waals surface area (Å²) in [4.78, 5) is 24.2. The van der Waals surface area contributed by atoms with E-state index in [1.807, 2.05) is 0 Å². The molecule has 15 heteroatoms. The van der Waals surface area contributed by atoms with Crippen molar-refractivity contribution in [2.75, 3.05) is 48.2 Å². The largest absolute Gasteiger partial charge is 0.393 e. The van der Waals surface area contributed by atoms with Crippen LogP contribution in [0.4, 0.5) is 33.5 Å². The van der Waals surface area contributed by atoms with Gasteiger partial charge in [-0.25, -0.2) is 18.4 Å². The Morgan fingerprint density at radius 2 is 1.68 bits per heavy atom. The average Bonchev–Trinajstić information content (AvgIpc) is 3.24. The number of fused-ring (bicyclic) bond motifs is 1. The molecule has 0 spiro atoms. The minimum Gasteiger partial charge on any atom is -0.352 e. The number of sulfonamides is 1. The van der Waals surface area contributed by atoms with Crippen LogP contribution < -0.4 is 9.21 Å². The molecule has 0 atom stereocenters. The Hall–Kier alpha value is -3.07. The van der Waals surface area contributed by atoms with E-state index in [9.17, 15) is 26.4 Å². The van der Waals surface area contributed by atoms with E-state index in [4.69, 9.17) is 0 Å². The molecule has 2 aromatic heterocycles. The van der Waals surface area contributed by atoms with E-state index < -0.39 is 40.0 Å². The smallest absolute Gasteiger partial charge is 0.352 e. The lowest BCUT2D eigenvalue weighted by molar-refractivity contribution is -0.159. The fraction of sp³-hybridized carbons (Fsp3) is 0.435. The van der Waals surface area contributed by atoms with Crippen LogP contribution in [0, 0.1) is 0 Å². The minimum absolute atomic E-state index is 0.0464. The van der Waals surface area contributed by atoms with Gasteiger partial charge in [-0.3, -0.25) is 9.10 Å². The second kappa shape index (κ2) is 10.2. The lowest BCUT2D eigenvalue weighted by atomic mass is 10.1. The number of piperazine rings is 1. The van der Waals surface area contributed by atoms with Crippen LogP contribution in [0.15, 0.2) is 36.7 Å². The van der Waals surface area contributed by atoms with Gasteiger partial charge in [0.05, 0.1) is 23.8 Å². The third kappa shape index (κ3) is 5.82. The number of halogens is 5. The number of alkyl halides is 5. The van der Waals surface area contributed by atoms with Gasteiger partial charge in [0.1, 0.15) is 17.0 Å². The summed E-state index contributed by atoms with van der Waals surface area (Å²) in [5.74, 6) is -4.85. The third-order valence-electron chi connectivity index (χ3n) is 6.07. The van der Waals surface area contributed by atoms with Gasteiger partial charge in [-0.2, -0.15) is 22.0 Å². The van der Waals surface area contributed by atoms with Gasteiger partial charge in [0.15, 0.2) is 0 Å². The van der Waals surface area contributed by atoms with Crippen molar-refractivity contribution in [1.29, 1.82) is 0 Å². The van der Waals surface area contributed by atoms with Gasteiger partial charge in [-0.15, -0.1) is 11.3 Å². The molecule has 0 saturated carbocycles. The van der Waals surface area contributed by atoms with Crippen LogP contribution in [0.1, 0.15) is 17.4 Å². The van der Waals surface area contributed by atoms with Crippen LogP contribution in [0.5, 0.6) is 0 Å². The number of carbonyl (C=O) groups is 1. The molecule has 3 heterocycles. The van der Waals surface area contributed by atoms with E-state index in [1.165, 1.54) is 24.5 Å². The molecule has 1 fully saturated rings. The highest BCUT2D eigenvalue weighted by molar-refractivity contribution is 7.92. The highest BCUT2D eigenvalue weighted by Crippen LogP contribution is 2.35. The predicted octanol–water partition coefficient (Wildman–Crippen LogP) is 4.02. The van der Waals surface area contributed by atoms with Gasteiger partial charge in [0, 0.05) is 43.2 Å². The fourth-order valence-corrected chi connectivity index (χ4v) is 6.31. The van der Waals surface area contributed by atoms with Crippen molar-refractivity contribution in [3.63, 3.8) is 0 Å². The summed E-state index contributed by atoms with van der Waals surface area (Å²) >= 11 is 0.916. The number of carbonyl (C=O) groups excluding carboxylic acids is 1.